The Kier molecular flexibility index (Phi) is 4.50. The Morgan fingerprint density at radius 2 is 2.44 bits per heavy atom. The van der Waals surface area contributed by atoms with Crippen LogP contribution in [0.3, 0.4) is 0 Å². The number of hydrogen-bond donors (Lipinski definition) is 2. The number of likely N-dealkylation sites (tertiary alicyclic amines) is 1. The maximum Gasteiger partial charge on any atom is 0.261 e. The molecule has 8 heteroatoms. The molecular weight excluding hydrogens is 344 g/mol. The molecule has 3 aromatic heterocycles. The van der Waals surface area contributed by atoms with Crippen LogP contribution in [-0.4, -0.2) is 50.0 Å². The van der Waals surface area contributed by atoms with Crippen LogP contribution in [0.2, 0.25) is 0 Å². The Bertz CT molecular complexity index is 1010. The highest BCUT2D eigenvalue weighted by Crippen LogP contribution is 2.33. The number of anilines is 1. The average molecular weight is 364 g/mol. The van der Waals surface area contributed by atoms with Crippen molar-refractivity contribution in [2.45, 2.75) is 32.2 Å². The summed E-state index contributed by atoms with van der Waals surface area (Å²) in [6, 6.07) is 2.06. The van der Waals surface area contributed by atoms with Crippen molar-refractivity contribution in [1.29, 1.82) is 0 Å². The molecule has 0 radical (unpaired) electrons. The van der Waals surface area contributed by atoms with Gasteiger partial charge in [-0.25, -0.2) is 4.98 Å². The number of hydrogen-bond acceptors (Lipinski definition) is 6. The predicted octanol–water partition coefficient (Wildman–Crippen LogP) is 2.35. The van der Waals surface area contributed by atoms with Gasteiger partial charge in [0, 0.05) is 36.9 Å². The van der Waals surface area contributed by atoms with E-state index in [-0.39, 0.29) is 18.4 Å². The summed E-state index contributed by atoms with van der Waals surface area (Å²) in [5, 5.41) is 8.40. The van der Waals surface area contributed by atoms with Gasteiger partial charge in [-0.15, -0.1) is 6.42 Å². The number of nitrogens with one attached hydrogen (secondary N) is 2. The molecule has 0 bridgehead atoms. The van der Waals surface area contributed by atoms with Gasteiger partial charge in [0.1, 0.15) is 5.65 Å². The van der Waals surface area contributed by atoms with Crippen molar-refractivity contribution in [3.8, 4) is 23.8 Å². The number of H-pyrrole nitrogens is 1. The van der Waals surface area contributed by atoms with Crippen LogP contribution < -0.4 is 5.32 Å². The number of carbonyl (C=O) groups is 1. The number of pyridine rings is 1. The lowest BCUT2D eigenvalue weighted by atomic mass is 10.0. The zero-order valence-electron chi connectivity index (χ0n) is 15.0. The monoisotopic (exact) mass is 364 g/mol. The maximum atomic E-state index is 12.2. The molecule has 1 aliphatic rings. The Morgan fingerprint density at radius 1 is 1.56 bits per heavy atom. The summed E-state index contributed by atoms with van der Waals surface area (Å²) in [5.41, 5.74) is 2.39. The Hall–Kier alpha value is -3.34. The topological polar surface area (TPSA) is 99.9 Å². The van der Waals surface area contributed by atoms with Gasteiger partial charge in [-0.1, -0.05) is 11.1 Å². The predicted molar refractivity (Wildman–Crippen MR) is 101 cm³/mol. The van der Waals surface area contributed by atoms with E-state index in [1.165, 1.54) is 0 Å². The molecule has 0 aliphatic carbocycles. The molecule has 1 aliphatic heterocycles. The molecule has 0 aromatic carbocycles. The molecule has 8 nitrogen and oxygen atoms in total. The minimum Gasteiger partial charge on any atom is -0.379 e. The lowest BCUT2D eigenvalue weighted by molar-refractivity contribution is -0.131. The van der Waals surface area contributed by atoms with Gasteiger partial charge in [0.25, 0.3) is 5.89 Å². The third-order valence-corrected chi connectivity index (χ3v) is 4.72. The summed E-state index contributed by atoms with van der Waals surface area (Å²) < 4.78 is 5.36. The highest BCUT2D eigenvalue weighted by molar-refractivity contribution is 5.97. The summed E-state index contributed by atoms with van der Waals surface area (Å²) in [4.78, 5) is 25.9. The SMILES string of the molecule is C#CCC(=O)N1CCC[C@@H](Nc2c(-c3nc(C)no3)cnc3[nH]ccc23)C1. The molecule has 27 heavy (non-hydrogen) atoms. The molecular formula is C19H20N6O2. The number of aryl methyl sites for hydroxylation is 1. The number of nitrogens with zero attached hydrogens (tertiary/aromatic N) is 4. The molecule has 1 atom stereocenters. The van der Waals surface area contributed by atoms with Crippen LogP contribution in [0.4, 0.5) is 5.69 Å². The number of rotatable bonds is 4. The summed E-state index contributed by atoms with van der Waals surface area (Å²) >= 11 is 0. The standard InChI is InChI=1S/C19H20N6O2/c1-3-5-16(26)25-9-4-6-13(11-25)23-17-14-7-8-20-18(14)21-10-15(17)19-22-12(2)24-27-19/h1,7-8,10,13H,4-6,9,11H2,2H3,(H2,20,21,23)/t13-/m1/s1. The van der Waals surface area contributed by atoms with Crippen molar-refractivity contribution in [2.75, 3.05) is 18.4 Å². The van der Waals surface area contributed by atoms with Gasteiger partial charge in [0.2, 0.25) is 5.91 Å². The third kappa shape index (κ3) is 3.36. The smallest absolute Gasteiger partial charge is 0.261 e. The van der Waals surface area contributed by atoms with Crippen LogP contribution in [-0.2, 0) is 4.79 Å². The molecule has 4 heterocycles. The largest absolute Gasteiger partial charge is 0.379 e. The van der Waals surface area contributed by atoms with E-state index < -0.39 is 0 Å². The Morgan fingerprint density at radius 3 is 3.22 bits per heavy atom. The van der Waals surface area contributed by atoms with Gasteiger partial charge in [-0.2, -0.15) is 4.98 Å². The second kappa shape index (κ2) is 7.11. The van der Waals surface area contributed by atoms with Gasteiger partial charge in [-0.05, 0) is 25.8 Å². The van der Waals surface area contributed by atoms with Gasteiger partial charge in [-0.3, -0.25) is 4.79 Å². The van der Waals surface area contributed by atoms with E-state index in [0.717, 1.165) is 41.7 Å². The first kappa shape index (κ1) is 17.1. The molecule has 1 fully saturated rings. The van der Waals surface area contributed by atoms with Crippen molar-refractivity contribution in [3.05, 3.63) is 24.3 Å². The molecule has 1 saturated heterocycles. The van der Waals surface area contributed by atoms with E-state index in [0.29, 0.717) is 18.3 Å². The van der Waals surface area contributed by atoms with Gasteiger partial charge < -0.3 is 19.7 Å². The first-order valence-electron chi connectivity index (χ1n) is 8.90. The third-order valence-electron chi connectivity index (χ3n) is 4.72. The Labute approximate surface area is 156 Å². The first-order valence-corrected chi connectivity index (χ1v) is 8.90. The van der Waals surface area contributed by atoms with Crippen LogP contribution in [0.15, 0.2) is 23.0 Å². The Balaban J connectivity index is 1.65. The minimum atomic E-state index is -0.00160. The highest BCUT2D eigenvalue weighted by Gasteiger charge is 2.25. The molecule has 0 spiro atoms. The fourth-order valence-corrected chi connectivity index (χ4v) is 3.46. The van der Waals surface area contributed by atoms with E-state index in [2.05, 4.69) is 31.3 Å². The zero-order valence-corrected chi connectivity index (χ0v) is 15.0. The average Bonchev–Trinajstić information content (AvgIpc) is 3.31. The van der Waals surface area contributed by atoms with Crippen molar-refractivity contribution < 1.29 is 9.32 Å². The van der Waals surface area contributed by atoms with E-state index in [1.807, 2.05) is 17.2 Å². The normalized spacial score (nSPS) is 17.0. The lowest BCUT2D eigenvalue weighted by Gasteiger charge is -2.33. The molecule has 0 saturated carbocycles. The van der Waals surface area contributed by atoms with Crippen molar-refractivity contribution >= 4 is 22.6 Å². The van der Waals surface area contributed by atoms with E-state index in [4.69, 9.17) is 10.9 Å². The van der Waals surface area contributed by atoms with Crippen LogP contribution in [0.1, 0.15) is 25.1 Å². The van der Waals surface area contributed by atoms with Crippen molar-refractivity contribution in [2.24, 2.45) is 0 Å². The maximum absolute atomic E-state index is 12.2. The van der Waals surface area contributed by atoms with E-state index in [9.17, 15) is 4.79 Å². The number of carbonyl (C=O) groups excluding carboxylic acids is 1. The summed E-state index contributed by atoms with van der Waals surface area (Å²) in [6.45, 7) is 3.12. The number of aromatic amines is 1. The highest BCUT2D eigenvalue weighted by atomic mass is 16.5. The summed E-state index contributed by atoms with van der Waals surface area (Å²) in [6.07, 6.45) is 10.9. The number of fused-ring (bicyclic) bond motifs is 1. The number of amides is 1. The van der Waals surface area contributed by atoms with Crippen LogP contribution >= 0.6 is 0 Å². The van der Waals surface area contributed by atoms with E-state index in [1.54, 1.807) is 13.1 Å². The zero-order chi connectivity index (χ0) is 18.8. The number of aromatic nitrogens is 4. The molecule has 0 unspecified atom stereocenters. The summed E-state index contributed by atoms with van der Waals surface area (Å²) in [7, 11) is 0. The van der Waals surface area contributed by atoms with Crippen molar-refractivity contribution in [1.82, 2.24) is 25.0 Å². The molecule has 138 valence electrons. The second-order valence-electron chi connectivity index (χ2n) is 6.64. The quantitative estimate of drug-likeness (QED) is 0.689. The fraction of sp³-hybridized carbons (Fsp3) is 0.368. The first-order chi connectivity index (χ1) is 13.2. The lowest BCUT2D eigenvalue weighted by Crippen LogP contribution is -2.45. The fourth-order valence-electron chi connectivity index (χ4n) is 3.46. The number of piperidine rings is 1. The molecule has 3 aromatic rings. The van der Waals surface area contributed by atoms with Crippen LogP contribution in [0.5, 0.6) is 0 Å². The summed E-state index contributed by atoms with van der Waals surface area (Å²) in [5.74, 6) is 3.41. The van der Waals surface area contributed by atoms with Gasteiger partial charge in [0.15, 0.2) is 5.82 Å². The minimum absolute atomic E-state index is 0.00160. The van der Waals surface area contributed by atoms with Crippen LogP contribution in [0.25, 0.3) is 22.5 Å². The van der Waals surface area contributed by atoms with Gasteiger partial charge >= 0.3 is 0 Å². The molecule has 4 rings (SSSR count). The number of terminal acetylenes is 1. The van der Waals surface area contributed by atoms with Crippen LogP contribution in [0, 0.1) is 19.3 Å². The van der Waals surface area contributed by atoms with E-state index >= 15 is 0 Å². The van der Waals surface area contributed by atoms with Gasteiger partial charge in [0.05, 0.1) is 17.7 Å². The van der Waals surface area contributed by atoms with Crippen molar-refractivity contribution in [3.63, 3.8) is 0 Å². The molecule has 2 N–H and O–H groups in total. The second-order valence-corrected chi connectivity index (χ2v) is 6.64. The molecule has 1 amide bonds.